The first-order valence-corrected chi connectivity index (χ1v) is 11.1. The Bertz CT molecular complexity index is 1080. The predicted molar refractivity (Wildman–Crippen MR) is 128 cm³/mol. The Kier molecular flexibility index (Phi) is 6.55. The summed E-state index contributed by atoms with van der Waals surface area (Å²) in [6, 6.07) is 25.3. The van der Waals surface area contributed by atoms with Gasteiger partial charge in [0.1, 0.15) is 6.17 Å². The van der Waals surface area contributed by atoms with Crippen LogP contribution in [0.3, 0.4) is 0 Å². The summed E-state index contributed by atoms with van der Waals surface area (Å²) in [6.45, 7) is 5.48. The molecule has 0 unspecified atom stereocenters. The predicted octanol–water partition coefficient (Wildman–Crippen LogP) is 4.88. The van der Waals surface area contributed by atoms with Gasteiger partial charge in [-0.25, -0.2) is 0 Å². The number of nitrogens with one attached hydrogen (secondary N) is 2. The van der Waals surface area contributed by atoms with Crippen molar-refractivity contribution in [2.75, 3.05) is 18.4 Å². The lowest BCUT2D eigenvalue weighted by atomic mass is 10.1. The second kappa shape index (κ2) is 9.69. The maximum absolute atomic E-state index is 12.9. The largest absolute Gasteiger partial charge is 0.361 e. The van der Waals surface area contributed by atoms with Gasteiger partial charge < -0.3 is 15.5 Å². The Morgan fingerprint density at radius 3 is 2.34 bits per heavy atom. The van der Waals surface area contributed by atoms with Gasteiger partial charge >= 0.3 is 0 Å². The molecule has 1 heterocycles. The molecule has 3 aromatic rings. The van der Waals surface area contributed by atoms with Gasteiger partial charge in [0.2, 0.25) is 0 Å². The van der Waals surface area contributed by atoms with E-state index in [9.17, 15) is 9.59 Å². The quantitative estimate of drug-likeness (QED) is 0.539. The lowest BCUT2D eigenvalue weighted by molar-refractivity contribution is 0.0720. The summed E-state index contributed by atoms with van der Waals surface area (Å²) in [4.78, 5) is 27.3. The number of hydrogen-bond donors (Lipinski definition) is 2. The Labute approximate surface area is 189 Å². The molecule has 4 rings (SSSR count). The fraction of sp³-hybridized carbons (Fsp3) is 0.259. The van der Waals surface area contributed by atoms with Gasteiger partial charge in [0.05, 0.1) is 0 Å². The van der Waals surface area contributed by atoms with Crippen molar-refractivity contribution in [1.82, 2.24) is 10.2 Å². The molecule has 3 aromatic carbocycles. The van der Waals surface area contributed by atoms with E-state index in [4.69, 9.17) is 0 Å². The van der Waals surface area contributed by atoms with E-state index in [2.05, 4.69) is 36.6 Å². The minimum absolute atomic E-state index is 0.0567. The Hall–Kier alpha value is -3.60. The van der Waals surface area contributed by atoms with Crippen LogP contribution in [-0.4, -0.2) is 29.8 Å². The Morgan fingerprint density at radius 2 is 1.62 bits per heavy atom. The highest BCUT2D eigenvalue weighted by Crippen LogP contribution is 2.34. The lowest BCUT2D eigenvalue weighted by Crippen LogP contribution is -2.35. The minimum atomic E-state index is -0.216. The monoisotopic (exact) mass is 427 g/mol. The van der Waals surface area contributed by atoms with Gasteiger partial charge in [-0.15, -0.1) is 0 Å². The third kappa shape index (κ3) is 4.83. The normalized spacial score (nSPS) is 15.0. The molecular formula is C27H29N3O2. The Balaban J connectivity index is 1.41. The molecule has 0 fully saturated rings. The number of anilines is 1. The summed E-state index contributed by atoms with van der Waals surface area (Å²) in [5.74, 6) is 0.330. The highest BCUT2D eigenvalue weighted by Gasteiger charge is 2.36. The third-order valence-electron chi connectivity index (χ3n) is 5.61. The summed E-state index contributed by atoms with van der Waals surface area (Å²) in [7, 11) is 0. The molecule has 32 heavy (non-hydrogen) atoms. The van der Waals surface area contributed by atoms with Crippen LogP contribution in [0.2, 0.25) is 0 Å². The molecule has 5 heteroatoms. The van der Waals surface area contributed by atoms with Crippen LogP contribution in [-0.2, 0) is 6.42 Å². The van der Waals surface area contributed by atoms with Gasteiger partial charge in [0, 0.05) is 35.5 Å². The fourth-order valence-corrected chi connectivity index (χ4v) is 4.05. The van der Waals surface area contributed by atoms with E-state index in [1.54, 1.807) is 0 Å². The summed E-state index contributed by atoms with van der Waals surface area (Å²) in [6.07, 6.45) is 0.583. The highest BCUT2D eigenvalue weighted by atomic mass is 16.2. The zero-order valence-corrected chi connectivity index (χ0v) is 18.5. The smallest absolute Gasteiger partial charge is 0.256 e. The van der Waals surface area contributed by atoms with Crippen LogP contribution in [0.1, 0.15) is 51.9 Å². The van der Waals surface area contributed by atoms with E-state index >= 15 is 0 Å². The van der Waals surface area contributed by atoms with E-state index in [-0.39, 0.29) is 18.0 Å². The van der Waals surface area contributed by atoms with Crippen molar-refractivity contribution in [2.45, 2.75) is 26.4 Å². The maximum Gasteiger partial charge on any atom is 0.256 e. The van der Waals surface area contributed by atoms with E-state index in [1.165, 1.54) is 5.56 Å². The second-order valence-corrected chi connectivity index (χ2v) is 8.55. The molecule has 1 aliphatic rings. The first-order valence-electron chi connectivity index (χ1n) is 11.1. The number of rotatable bonds is 8. The van der Waals surface area contributed by atoms with Crippen molar-refractivity contribution < 1.29 is 9.59 Å². The third-order valence-corrected chi connectivity index (χ3v) is 5.61. The molecule has 1 aliphatic heterocycles. The zero-order chi connectivity index (χ0) is 22.5. The Morgan fingerprint density at radius 1 is 0.938 bits per heavy atom. The topological polar surface area (TPSA) is 61.4 Å². The summed E-state index contributed by atoms with van der Waals surface area (Å²) in [5, 5.41) is 6.46. The molecule has 0 radical (unpaired) electrons. The molecule has 0 saturated heterocycles. The number of hydrogen-bond acceptors (Lipinski definition) is 3. The second-order valence-electron chi connectivity index (χ2n) is 8.55. The van der Waals surface area contributed by atoms with Crippen LogP contribution >= 0.6 is 0 Å². The molecule has 0 spiro atoms. The summed E-state index contributed by atoms with van der Waals surface area (Å²) in [5.41, 5.74) is 4.42. The van der Waals surface area contributed by atoms with Gasteiger partial charge in [-0.2, -0.15) is 0 Å². The minimum Gasteiger partial charge on any atom is -0.361 e. The van der Waals surface area contributed by atoms with Crippen molar-refractivity contribution in [3.8, 4) is 0 Å². The van der Waals surface area contributed by atoms with E-state index in [1.807, 2.05) is 71.6 Å². The number of carbonyl (C=O) groups excluding carboxylic acids is 2. The van der Waals surface area contributed by atoms with E-state index in [0.717, 1.165) is 23.2 Å². The molecule has 164 valence electrons. The van der Waals surface area contributed by atoms with Gasteiger partial charge in [-0.05, 0) is 48.2 Å². The molecule has 0 aromatic heterocycles. The fourth-order valence-electron chi connectivity index (χ4n) is 4.05. The maximum atomic E-state index is 12.9. The average molecular weight is 428 g/mol. The van der Waals surface area contributed by atoms with Gasteiger partial charge in [0.25, 0.3) is 11.8 Å². The highest BCUT2D eigenvalue weighted by molar-refractivity contribution is 5.99. The SMILES string of the molecule is CC(C)CN1C(=O)c2ccccc2[C@H]1Nc1ccc(C(=O)NCCc2ccccc2)cc1. The van der Waals surface area contributed by atoms with Crippen molar-refractivity contribution in [3.05, 3.63) is 101 Å². The van der Waals surface area contributed by atoms with Crippen LogP contribution in [0.25, 0.3) is 0 Å². The van der Waals surface area contributed by atoms with Gasteiger partial charge in [0.15, 0.2) is 0 Å². The van der Waals surface area contributed by atoms with Crippen molar-refractivity contribution in [1.29, 1.82) is 0 Å². The number of fused-ring (bicyclic) bond motifs is 1. The molecule has 0 bridgehead atoms. The van der Waals surface area contributed by atoms with Crippen LogP contribution in [0.15, 0.2) is 78.9 Å². The molecule has 1 atom stereocenters. The molecule has 0 saturated carbocycles. The summed E-state index contributed by atoms with van der Waals surface area (Å²) >= 11 is 0. The molecule has 5 nitrogen and oxygen atoms in total. The van der Waals surface area contributed by atoms with Crippen molar-refractivity contribution >= 4 is 17.5 Å². The molecular weight excluding hydrogens is 398 g/mol. The standard InChI is InChI=1S/C27H29N3O2/c1-19(2)18-30-25(23-10-6-7-11-24(23)27(30)32)29-22-14-12-21(13-15-22)26(31)28-17-16-20-8-4-3-5-9-20/h3-15,19,25,29H,16-18H2,1-2H3,(H,28,31)/t25-/m0/s1. The van der Waals surface area contributed by atoms with Crippen molar-refractivity contribution in [2.24, 2.45) is 5.92 Å². The summed E-state index contributed by atoms with van der Waals surface area (Å²) < 4.78 is 0. The van der Waals surface area contributed by atoms with Crippen LogP contribution in [0.5, 0.6) is 0 Å². The van der Waals surface area contributed by atoms with Gasteiger partial charge in [-0.1, -0.05) is 62.4 Å². The number of benzene rings is 3. The average Bonchev–Trinajstić information content (AvgIpc) is 3.06. The van der Waals surface area contributed by atoms with Crippen molar-refractivity contribution in [3.63, 3.8) is 0 Å². The van der Waals surface area contributed by atoms with Crippen LogP contribution in [0.4, 0.5) is 5.69 Å². The molecule has 2 N–H and O–H groups in total. The molecule has 2 amide bonds. The number of nitrogens with zero attached hydrogens (tertiary/aromatic N) is 1. The first-order chi connectivity index (χ1) is 15.5. The first kappa shape index (κ1) is 21.6. The van der Waals surface area contributed by atoms with E-state index in [0.29, 0.717) is 24.6 Å². The van der Waals surface area contributed by atoms with Gasteiger partial charge in [-0.3, -0.25) is 9.59 Å². The number of amides is 2. The zero-order valence-electron chi connectivity index (χ0n) is 18.5. The van der Waals surface area contributed by atoms with Crippen LogP contribution < -0.4 is 10.6 Å². The number of carbonyl (C=O) groups is 2. The van der Waals surface area contributed by atoms with Crippen LogP contribution in [0, 0.1) is 5.92 Å². The molecule has 0 aliphatic carbocycles. The lowest BCUT2D eigenvalue weighted by Gasteiger charge is -2.28. The van der Waals surface area contributed by atoms with E-state index < -0.39 is 0 Å².